The summed E-state index contributed by atoms with van der Waals surface area (Å²) in [5, 5.41) is 3.37. The monoisotopic (exact) mass is 541 g/mol. The molecule has 5 rings (SSSR count). The maximum Gasteiger partial charge on any atom is 0.276 e. The van der Waals surface area contributed by atoms with Crippen molar-refractivity contribution < 1.29 is 9.53 Å². The minimum absolute atomic E-state index is 0.115. The lowest BCUT2D eigenvalue weighted by molar-refractivity contribution is -0.113. The van der Waals surface area contributed by atoms with E-state index in [1.54, 1.807) is 4.57 Å². The van der Waals surface area contributed by atoms with Crippen LogP contribution in [0.4, 0.5) is 5.69 Å². The highest BCUT2D eigenvalue weighted by atomic mass is 32.2. The second-order valence-corrected chi connectivity index (χ2v) is 10.5. The van der Waals surface area contributed by atoms with E-state index in [1.165, 1.54) is 28.7 Å². The van der Waals surface area contributed by atoms with E-state index in [1.807, 2.05) is 91.9 Å². The smallest absolute Gasteiger partial charge is 0.276 e. The largest absolute Gasteiger partial charge is 0.493 e. The molecule has 0 bridgehead atoms. The highest BCUT2D eigenvalue weighted by molar-refractivity contribution is 7.99. The van der Waals surface area contributed by atoms with Crippen molar-refractivity contribution in [3.8, 4) is 21.9 Å². The van der Waals surface area contributed by atoms with Crippen molar-refractivity contribution in [1.82, 2.24) is 9.55 Å². The summed E-state index contributed by atoms with van der Waals surface area (Å²) in [4.78, 5) is 32.4. The van der Waals surface area contributed by atoms with Gasteiger partial charge in [-0.1, -0.05) is 61.2 Å². The highest BCUT2D eigenvalue weighted by Gasteiger charge is 2.19. The molecule has 0 saturated carbocycles. The van der Waals surface area contributed by atoms with Crippen LogP contribution < -0.4 is 15.6 Å². The number of aryl methyl sites for hydroxylation is 1. The predicted octanol–water partition coefficient (Wildman–Crippen LogP) is 6.81. The van der Waals surface area contributed by atoms with Gasteiger partial charge in [-0.15, -0.1) is 11.3 Å². The summed E-state index contributed by atoms with van der Waals surface area (Å²) in [6.07, 6.45) is 0.904. The number of thioether (sulfide) groups is 1. The number of nitrogens with one attached hydrogen (secondary N) is 1. The minimum atomic E-state index is -0.167. The van der Waals surface area contributed by atoms with Gasteiger partial charge in [0.15, 0.2) is 5.16 Å². The maximum atomic E-state index is 13.9. The zero-order chi connectivity index (χ0) is 26.5. The lowest BCUT2D eigenvalue weighted by Gasteiger charge is -2.12. The van der Waals surface area contributed by atoms with Gasteiger partial charge in [-0.3, -0.25) is 14.2 Å². The Morgan fingerprint density at radius 1 is 1.00 bits per heavy atom. The number of rotatable bonds is 9. The molecule has 2 heterocycles. The number of amides is 1. The number of carbonyl (C=O) groups is 1. The summed E-state index contributed by atoms with van der Waals surface area (Å²) in [5.74, 6) is 0.716. The molecule has 3 aromatic carbocycles. The van der Waals surface area contributed by atoms with E-state index >= 15 is 0 Å². The number of fused-ring (bicyclic) bond motifs is 1. The van der Waals surface area contributed by atoms with Crippen molar-refractivity contribution in [1.29, 1.82) is 0 Å². The van der Waals surface area contributed by atoms with Crippen molar-refractivity contribution in [3.63, 3.8) is 0 Å². The van der Waals surface area contributed by atoms with Crippen molar-refractivity contribution in [3.05, 3.63) is 101 Å². The van der Waals surface area contributed by atoms with E-state index in [0.29, 0.717) is 22.0 Å². The fourth-order valence-corrected chi connectivity index (χ4v) is 5.97. The van der Waals surface area contributed by atoms with Gasteiger partial charge in [0.2, 0.25) is 5.91 Å². The first-order valence-electron chi connectivity index (χ1n) is 12.4. The van der Waals surface area contributed by atoms with Crippen LogP contribution in [0.5, 0.6) is 5.75 Å². The second kappa shape index (κ2) is 11.7. The summed E-state index contributed by atoms with van der Waals surface area (Å²) in [6, 6.07) is 26.9. The summed E-state index contributed by atoms with van der Waals surface area (Å²) >= 11 is 2.65. The molecule has 6 nitrogen and oxygen atoms in total. The van der Waals surface area contributed by atoms with Crippen molar-refractivity contribution in [2.45, 2.75) is 25.4 Å². The number of hydrogen-bond donors (Lipinski definition) is 1. The van der Waals surface area contributed by atoms with Crippen LogP contribution in [0.15, 0.2) is 94.9 Å². The summed E-state index contributed by atoms with van der Waals surface area (Å²) in [5.41, 5.74) is 4.00. The van der Waals surface area contributed by atoms with Crippen LogP contribution in [0.2, 0.25) is 0 Å². The first-order valence-corrected chi connectivity index (χ1v) is 14.2. The molecule has 0 aliphatic carbocycles. The van der Waals surface area contributed by atoms with Gasteiger partial charge in [-0.2, -0.15) is 0 Å². The number of ether oxygens (including phenoxy) is 1. The number of benzene rings is 3. The van der Waals surface area contributed by atoms with E-state index in [0.717, 1.165) is 34.0 Å². The summed E-state index contributed by atoms with van der Waals surface area (Å²) < 4.78 is 7.99. The van der Waals surface area contributed by atoms with Gasteiger partial charge in [0.05, 0.1) is 23.6 Å². The van der Waals surface area contributed by atoms with Gasteiger partial charge in [-0.25, -0.2) is 4.98 Å². The molecule has 0 saturated heterocycles. The number of carbonyl (C=O) groups excluding carboxylic acids is 1. The molecular weight excluding hydrogens is 514 g/mol. The Labute approximate surface area is 229 Å². The molecule has 0 aliphatic rings. The number of nitrogens with zero attached hydrogens (tertiary/aromatic N) is 2. The molecule has 0 unspecified atom stereocenters. The van der Waals surface area contributed by atoms with Crippen LogP contribution in [0.3, 0.4) is 0 Å². The molecule has 1 N–H and O–H groups in total. The molecule has 0 aliphatic heterocycles. The van der Waals surface area contributed by atoms with Crippen LogP contribution in [0.1, 0.15) is 19.4 Å². The van der Waals surface area contributed by atoms with Gasteiger partial charge in [0.1, 0.15) is 10.4 Å². The van der Waals surface area contributed by atoms with Crippen molar-refractivity contribution >= 4 is 44.9 Å². The predicted molar refractivity (Wildman–Crippen MR) is 157 cm³/mol. The summed E-state index contributed by atoms with van der Waals surface area (Å²) in [6.45, 7) is 4.59. The molecule has 1 amide bonds. The summed E-state index contributed by atoms with van der Waals surface area (Å²) in [7, 11) is 0. The third-order valence-corrected chi connectivity index (χ3v) is 8.05. The van der Waals surface area contributed by atoms with Crippen LogP contribution >= 0.6 is 23.1 Å². The fraction of sp³-hybridized carbons (Fsp3) is 0.167. The molecule has 2 aromatic heterocycles. The Balaban J connectivity index is 1.56. The minimum Gasteiger partial charge on any atom is -0.493 e. The molecule has 0 radical (unpaired) electrons. The van der Waals surface area contributed by atoms with Gasteiger partial charge >= 0.3 is 0 Å². The van der Waals surface area contributed by atoms with Gasteiger partial charge in [0.25, 0.3) is 5.56 Å². The van der Waals surface area contributed by atoms with E-state index in [-0.39, 0.29) is 17.2 Å². The Bertz CT molecular complexity index is 1630. The lowest BCUT2D eigenvalue weighted by Crippen LogP contribution is -2.22. The van der Waals surface area contributed by atoms with Gasteiger partial charge in [0, 0.05) is 16.1 Å². The second-order valence-electron chi connectivity index (χ2n) is 8.51. The lowest BCUT2D eigenvalue weighted by atomic mass is 10.1. The number of aromatic nitrogens is 2. The standard InChI is InChI=1S/C30H27N3O3S2/c1-3-20-14-16-22(17-15-20)33-29(35)28-24(18-26(38-28)23-12-8-9-13-25(23)36-4-2)32-30(33)37-19-27(34)31-21-10-6-5-7-11-21/h5-18H,3-4,19H2,1-2H3,(H,31,34). The van der Waals surface area contributed by atoms with Crippen LogP contribution in [-0.4, -0.2) is 27.8 Å². The number of hydrogen-bond acceptors (Lipinski definition) is 6. The zero-order valence-electron chi connectivity index (χ0n) is 21.1. The van der Waals surface area contributed by atoms with E-state index in [2.05, 4.69) is 12.2 Å². The normalized spacial score (nSPS) is 11.0. The highest BCUT2D eigenvalue weighted by Crippen LogP contribution is 2.37. The Hall–Kier alpha value is -3.88. The molecule has 0 atom stereocenters. The fourth-order valence-electron chi connectivity index (χ4n) is 4.10. The zero-order valence-corrected chi connectivity index (χ0v) is 22.8. The molecule has 8 heteroatoms. The topological polar surface area (TPSA) is 73.2 Å². The Morgan fingerprint density at radius 3 is 2.47 bits per heavy atom. The first kappa shape index (κ1) is 25.8. The van der Waals surface area contributed by atoms with E-state index in [9.17, 15) is 9.59 Å². The van der Waals surface area contributed by atoms with Gasteiger partial charge in [-0.05, 0) is 61.4 Å². The van der Waals surface area contributed by atoms with Crippen LogP contribution in [-0.2, 0) is 11.2 Å². The molecular formula is C30H27N3O3S2. The van der Waals surface area contributed by atoms with Gasteiger partial charge < -0.3 is 10.1 Å². The molecule has 0 fully saturated rings. The third-order valence-electron chi connectivity index (χ3n) is 5.96. The maximum absolute atomic E-state index is 13.9. The molecule has 38 heavy (non-hydrogen) atoms. The number of anilines is 1. The van der Waals surface area contributed by atoms with Crippen molar-refractivity contribution in [2.24, 2.45) is 0 Å². The first-order chi connectivity index (χ1) is 18.6. The Kier molecular flexibility index (Phi) is 7.91. The molecule has 192 valence electrons. The molecule has 0 spiro atoms. The number of thiophene rings is 1. The van der Waals surface area contributed by atoms with E-state index < -0.39 is 0 Å². The van der Waals surface area contributed by atoms with Crippen LogP contribution in [0.25, 0.3) is 26.3 Å². The third kappa shape index (κ3) is 5.51. The van der Waals surface area contributed by atoms with E-state index in [4.69, 9.17) is 9.72 Å². The Morgan fingerprint density at radius 2 is 1.74 bits per heavy atom. The molecule has 5 aromatic rings. The van der Waals surface area contributed by atoms with Crippen LogP contribution in [0, 0.1) is 0 Å². The van der Waals surface area contributed by atoms with Crippen molar-refractivity contribution in [2.75, 3.05) is 17.7 Å². The average molecular weight is 542 g/mol. The number of para-hydroxylation sites is 2. The quantitative estimate of drug-likeness (QED) is 0.164. The SMILES string of the molecule is CCOc1ccccc1-c1cc2nc(SCC(=O)Nc3ccccc3)n(-c3ccc(CC)cc3)c(=O)c2s1. The average Bonchev–Trinajstić information content (AvgIpc) is 3.38.